The normalized spacial score (nSPS) is 11.2. The summed E-state index contributed by atoms with van der Waals surface area (Å²) < 4.78 is 12.8. The molecule has 0 bridgehead atoms. The molecule has 0 amide bonds. The Kier molecular flexibility index (Phi) is 3.11. The van der Waals surface area contributed by atoms with Crippen molar-refractivity contribution < 1.29 is 4.39 Å². The Bertz CT molecular complexity index is 719. The van der Waals surface area contributed by atoms with E-state index in [0.717, 1.165) is 5.56 Å². The number of fused-ring (bicyclic) bond motifs is 1. The first kappa shape index (κ1) is 11.7. The molecule has 0 unspecified atom stereocenters. The zero-order valence-corrected chi connectivity index (χ0v) is 10.4. The molecule has 0 N–H and O–H groups in total. The predicted molar refractivity (Wildman–Crippen MR) is 79.3 cm³/mol. The molecule has 1 heteroatoms. The fourth-order valence-electron chi connectivity index (χ4n) is 2.16. The third-order valence-corrected chi connectivity index (χ3v) is 3.15. The lowest BCUT2D eigenvalue weighted by Gasteiger charge is -2.01. The van der Waals surface area contributed by atoms with Gasteiger partial charge < -0.3 is 0 Å². The SMILES string of the molecule is Fc1ccc(/C=C/c2cccc3ccccc23)cc1. The summed E-state index contributed by atoms with van der Waals surface area (Å²) >= 11 is 0. The van der Waals surface area contributed by atoms with Crippen molar-refractivity contribution in [2.45, 2.75) is 0 Å². The zero-order chi connectivity index (χ0) is 13.1. The van der Waals surface area contributed by atoms with Gasteiger partial charge in [-0.3, -0.25) is 0 Å². The summed E-state index contributed by atoms with van der Waals surface area (Å²) in [6.07, 6.45) is 4.07. The highest BCUT2D eigenvalue weighted by molar-refractivity contribution is 5.92. The van der Waals surface area contributed by atoms with Gasteiger partial charge in [0.2, 0.25) is 0 Å². The molecule has 0 saturated heterocycles. The Morgan fingerprint density at radius 2 is 1.42 bits per heavy atom. The van der Waals surface area contributed by atoms with Gasteiger partial charge in [0.1, 0.15) is 5.82 Å². The van der Waals surface area contributed by atoms with Crippen molar-refractivity contribution in [1.29, 1.82) is 0 Å². The van der Waals surface area contributed by atoms with Crippen LogP contribution in [0.4, 0.5) is 4.39 Å². The molecule has 92 valence electrons. The summed E-state index contributed by atoms with van der Waals surface area (Å²) in [5, 5.41) is 2.45. The second-order valence-electron chi connectivity index (χ2n) is 4.45. The number of halogens is 1. The molecule has 0 atom stereocenters. The predicted octanol–water partition coefficient (Wildman–Crippen LogP) is 5.15. The van der Waals surface area contributed by atoms with Crippen LogP contribution in [0.2, 0.25) is 0 Å². The monoisotopic (exact) mass is 248 g/mol. The van der Waals surface area contributed by atoms with Crippen LogP contribution in [0.1, 0.15) is 11.1 Å². The zero-order valence-electron chi connectivity index (χ0n) is 10.4. The van der Waals surface area contributed by atoms with E-state index in [9.17, 15) is 4.39 Å². The molecule has 0 fully saturated rings. The first-order valence-corrected chi connectivity index (χ1v) is 6.24. The molecular weight excluding hydrogens is 235 g/mol. The van der Waals surface area contributed by atoms with Crippen LogP contribution in [-0.4, -0.2) is 0 Å². The van der Waals surface area contributed by atoms with E-state index in [0.29, 0.717) is 0 Å². The van der Waals surface area contributed by atoms with Crippen molar-refractivity contribution in [2.75, 3.05) is 0 Å². The van der Waals surface area contributed by atoms with Gasteiger partial charge >= 0.3 is 0 Å². The van der Waals surface area contributed by atoms with Crippen LogP contribution >= 0.6 is 0 Å². The van der Waals surface area contributed by atoms with Gasteiger partial charge in [-0.05, 0) is 34.0 Å². The smallest absolute Gasteiger partial charge is 0.123 e. The first-order valence-electron chi connectivity index (χ1n) is 6.24. The van der Waals surface area contributed by atoms with E-state index in [4.69, 9.17) is 0 Å². The summed E-state index contributed by atoms with van der Waals surface area (Å²) in [6.45, 7) is 0. The highest BCUT2D eigenvalue weighted by atomic mass is 19.1. The molecule has 0 aliphatic heterocycles. The summed E-state index contributed by atoms with van der Waals surface area (Å²) in [6, 6.07) is 21.0. The summed E-state index contributed by atoms with van der Waals surface area (Å²) in [7, 11) is 0. The second kappa shape index (κ2) is 5.07. The third kappa shape index (κ3) is 2.55. The van der Waals surface area contributed by atoms with Crippen molar-refractivity contribution in [3.05, 3.63) is 83.7 Å². The number of hydrogen-bond acceptors (Lipinski definition) is 0. The van der Waals surface area contributed by atoms with E-state index in [1.165, 1.54) is 28.5 Å². The molecule has 0 saturated carbocycles. The van der Waals surface area contributed by atoms with E-state index >= 15 is 0 Å². The van der Waals surface area contributed by atoms with Gasteiger partial charge in [-0.25, -0.2) is 4.39 Å². The Balaban J connectivity index is 1.99. The van der Waals surface area contributed by atoms with Crippen molar-refractivity contribution in [3.8, 4) is 0 Å². The minimum Gasteiger partial charge on any atom is -0.207 e. The number of hydrogen-bond donors (Lipinski definition) is 0. The molecule has 0 heterocycles. The van der Waals surface area contributed by atoms with Crippen LogP contribution in [0.5, 0.6) is 0 Å². The molecule has 3 rings (SSSR count). The summed E-state index contributed by atoms with van der Waals surface area (Å²) in [5.74, 6) is -0.206. The maximum absolute atomic E-state index is 12.8. The third-order valence-electron chi connectivity index (χ3n) is 3.15. The van der Waals surface area contributed by atoms with Gasteiger partial charge in [-0.2, -0.15) is 0 Å². The fraction of sp³-hybridized carbons (Fsp3) is 0. The Morgan fingerprint density at radius 3 is 2.26 bits per heavy atom. The van der Waals surface area contributed by atoms with Crippen molar-refractivity contribution >= 4 is 22.9 Å². The standard InChI is InChI=1S/C18H13F/c19-17-12-9-14(10-13-17)8-11-16-6-3-5-15-4-1-2-7-18(15)16/h1-13H/b11-8+. The first-order chi connectivity index (χ1) is 9.33. The maximum Gasteiger partial charge on any atom is 0.123 e. The van der Waals surface area contributed by atoms with Gasteiger partial charge in [0.25, 0.3) is 0 Å². The number of benzene rings is 3. The molecule has 0 aliphatic carbocycles. The van der Waals surface area contributed by atoms with E-state index in [1.54, 1.807) is 12.1 Å². The Hall–Kier alpha value is -2.41. The van der Waals surface area contributed by atoms with Gasteiger partial charge in [-0.1, -0.05) is 66.7 Å². The van der Waals surface area contributed by atoms with E-state index in [1.807, 2.05) is 24.3 Å². The maximum atomic E-state index is 12.8. The number of rotatable bonds is 2. The highest BCUT2D eigenvalue weighted by Crippen LogP contribution is 2.20. The van der Waals surface area contributed by atoms with Gasteiger partial charge in [-0.15, -0.1) is 0 Å². The van der Waals surface area contributed by atoms with Gasteiger partial charge in [0.05, 0.1) is 0 Å². The topological polar surface area (TPSA) is 0 Å². The molecule has 0 radical (unpaired) electrons. The minimum atomic E-state index is -0.206. The minimum absolute atomic E-state index is 0.206. The van der Waals surface area contributed by atoms with Crippen LogP contribution in [0, 0.1) is 5.82 Å². The molecule has 3 aromatic carbocycles. The van der Waals surface area contributed by atoms with E-state index in [2.05, 4.69) is 30.3 Å². The molecule has 0 aliphatic rings. The van der Waals surface area contributed by atoms with Crippen LogP contribution < -0.4 is 0 Å². The molecule has 19 heavy (non-hydrogen) atoms. The molecule has 0 aromatic heterocycles. The van der Waals surface area contributed by atoms with Gasteiger partial charge in [0.15, 0.2) is 0 Å². The van der Waals surface area contributed by atoms with Crippen molar-refractivity contribution in [3.63, 3.8) is 0 Å². The van der Waals surface area contributed by atoms with Gasteiger partial charge in [0, 0.05) is 0 Å². The lowest BCUT2D eigenvalue weighted by atomic mass is 10.0. The van der Waals surface area contributed by atoms with Crippen LogP contribution in [0.15, 0.2) is 66.7 Å². The van der Waals surface area contributed by atoms with Crippen molar-refractivity contribution in [1.82, 2.24) is 0 Å². The van der Waals surface area contributed by atoms with Crippen molar-refractivity contribution in [2.24, 2.45) is 0 Å². The largest absolute Gasteiger partial charge is 0.207 e. The Morgan fingerprint density at radius 1 is 0.684 bits per heavy atom. The second-order valence-corrected chi connectivity index (χ2v) is 4.45. The fourth-order valence-corrected chi connectivity index (χ4v) is 2.16. The molecule has 3 aromatic rings. The molecular formula is C18H13F. The molecule has 0 nitrogen and oxygen atoms in total. The lowest BCUT2D eigenvalue weighted by Crippen LogP contribution is -1.78. The van der Waals surface area contributed by atoms with Crippen LogP contribution in [0.25, 0.3) is 22.9 Å². The van der Waals surface area contributed by atoms with Crippen LogP contribution in [0.3, 0.4) is 0 Å². The quantitative estimate of drug-likeness (QED) is 0.550. The average molecular weight is 248 g/mol. The summed E-state index contributed by atoms with van der Waals surface area (Å²) in [4.78, 5) is 0. The lowest BCUT2D eigenvalue weighted by molar-refractivity contribution is 0.628. The molecule has 0 spiro atoms. The van der Waals surface area contributed by atoms with E-state index in [-0.39, 0.29) is 5.82 Å². The van der Waals surface area contributed by atoms with Crippen LogP contribution in [-0.2, 0) is 0 Å². The average Bonchev–Trinajstić information content (AvgIpc) is 2.47. The highest BCUT2D eigenvalue weighted by Gasteiger charge is 1.96. The van der Waals surface area contributed by atoms with E-state index < -0.39 is 0 Å². The Labute approximate surface area is 111 Å². The summed E-state index contributed by atoms with van der Waals surface area (Å²) in [5.41, 5.74) is 2.16.